The molecule has 106 valence electrons. The van der Waals surface area contributed by atoms with E-state index in [0.29, 0.717) is 18.2 Å². The van der Waals surface area contributed by atoms with E-state index in [4.69, 9.17) is 0 Å². The smallest absolute Gasteiger partial charge is 0.130 e. The lowest BCUT2D eigenvalue weighted by atomic mass is 10.0. The van der Waals surface area contributed by atoms with Crippen molar-refractivity contribution in [3.05, 3.63) is 35.4 Å². The van der Waals surface area contributed by atoms with Crippen molar-refractivity contribution in [1.29, 1.82) is 0 Å². The minimum absolute atomic E-state index is 0.439. The molecule has 4 heteroatoms. The van der Waals surface area contributed by atoms with E-state index in [1.54, 1.807) is 6.07 Å². The number of hydrogen-bond acceptors (Lipinski definition) is 2. The van der Waals surface area contributed by atoms with Crippen LogP contribution < -0.4 is 5.32 Å². The molecule has 0 spiro atoms. The lowest BCUT2D eigenvalue weighted by Gasteiger charge is -2.32. The fraction of sp³-hybridized carbons (Fsp3) is 0.600. The first-order valence-electron chi connectivity index (χ1n) is 7.08. The SMILES string of the molecule is CCCNC1CCN(Cc2ccc(F)cc2F)CC1. The van der Waals surface area contributed by atoms with Crippen molar-refractivity contribution in [2.75, 3.05) is 19.6 Å². The van der Waals surface area contributed by atoms with Gasteiger partial charge in [0.25, 0.3) is 0 Å². The zero-order valence-electron chi connectivity index (χ0n) is 11.5. The summed E-state index contributed by atoms with van der Waals surface area (Å²) >= 11 is 0. The average Bonchev–Trinajstić information content (AvgIpc) is 2.41. The minimum Gasteiger partial charge on any atom is -0.314 e. The van der Waals surface area contributed by atoms with Gasteiger partial charge in [-0.2, -0.15) is 0 Å². The molecule has 1 saturated heterocycles. The molecule has 0 unspecified atom stereocenters. The van der Waals surface area contributed by atoms with Crippen LogP contribution in [0.3, 0.4) is 0 Å². The summed E-state index contributed by atoms with van der Waals surface area (Å²) < 4.78 is 26.4. The Kier molecular flexibility index (Phi) is 5.28. The molecule has 2 nitrogen and oxygen atoms in total. The number of rotatable bonds is 5. The lowest BCUT2D eigenvalue weighted by Crippen LogP contribution is -2.42. The van der Waals surface area contributed by atoms with Crippen molar-refractivity contribution >= 4 is 0 Å². The summed E-state index contributed by atoms with van der Waals surface area (Å²) in [6.07, 6.45) is 3.35. The molecular weight excluding hydrogens is 246 g/mol. The predicted octanol–water partition coefficient (Wildman–Crippen LogP) is 2.93. The van der Waals surface area contributed by atoms with Gasteiger partial charge in [0.1, 0.15) is 11.6 Å². The highest BCUT2D eigenvalue weighted by atomic mass is 19.1. The summed E-state index contributed by atoms with van der Waals surface area (Å²) in [5.74, 6) is -0.949. The predicted molar refractivity (Wildman–Crippen MR) is 73.0 cm³/mol. The van der Waals surface area contributed by atoms with E-state index in [0.717, 1.165) is 45.0 Å². The zero-order chi connectivity index (χ0) is 13.7. The average molecular weight is 268 g/mol. The quantitative estimate of drug-likeness (QED) is 0.883. The van der Waals surface area contributed by atoms with Crippen LogP contribution in [-0.4, -0.2) is 30.6 Å². The van der Waals surface area contributed by atoms with Crippen molar-refractivity contribution in [2.45, 2.75) is 38.8 Å². The van der Waals surface area contributed by atoms with Crippen molar-refractivity contribution in [3.8, 4) is 0 Å². The largest absolute Gasteiger partial charge is 0.314 e. The molecule has 2 rings (SSSR count). The molecule has 0 amide bonds. The number of benzene rings is 1. The lowest BCUT2D eigenvalue weighted by molar-refractivity contribution is 0.189. The Bertz CT molecular complexity index is 401. The third-order valence-electron chi connectivity index (χ3n) is 3.68. The molecule has 0 aromatic heterocycles. The van der Waals surface area contributed by atoms with E-state index in [1.165, 1.54) is 6.07 Å². The Labute approximate surface area is 113 Å². The van der Waals surface area contributed by atoms with Crippen molar-refractivity contribution in [1.82, 2.24) is 10.2 Å². The highest BCUT2D eigenvalue weighted by molar-refractivity contribution is 5.18. The van der Waals surface area contributed by atoms with E-state index in [-0.39, 0.29) is 0 Å². The Balaban J connectivity index is 1.82. The highest BCUT2D eigenvalue weighted by Gasteiger charge is 2.19. The van der Waals surface area contributed by atoms with Gasteiger partial charge < -0.3 is 5.32 Å². The van der Waals surface area contributed by atoms with Crippen LogP contribution in [0.1, 0.15) is 31.7 Å². The number of hydrogen-bond donors (Lipinski definition) is 1. The first-order chi connectivity index (χ1) is 9.19. The molecule has 0 saturated carbocycles. The fourth-order valence-electron chi connectivity index (χ4n) is 2.53. The summed E-state index contributed by atoms with van der Waals surface area (Å²) in [5, 5.41) is 3.52. The van der Waals surface area contributed by atoms with E-state index in [2.05, 4.69) is 17.1 Å². The molecule has 1 aliphatic rings. The van der Waals surface area contributed by atoms with Gasteiger partial charge in [0, 0.05) is 24.2 Å². The van der Waals surface area contributed by atoms with Crippen LogP contribution in [0.4, 0.5) is 8.78 Å². The van der Waals surface area contributed by atoms with Crippen LogP contribution in [0.15, 0.2) is 18.2 Å². The van der Waals surface area contributed by atoms with Crippen LogP contribution in [-0.2, 0) is 6.54 Å². The summed E-state index contributed by atoms with van der Waals surface area (Å²) in [6, 6.07) is 4.43. The van der Waals surface area contributed by atoms with Crippen LogP contribution in [0.2, 0.25) is 0 Å². The van der Waals surface area contributed by atoms with Gasteiger partial charge in [-0.25, -0.2) is 8.78 Å². The van der Waals surface area contributed by atoms with Gasteiger partial charge in [0.15, 0.2) is 0 Å². The summed E-state index contributed by atoms with van der Waals surface area (Å²) in [4.78, 5) is 2.24. The second-order valence-electron chi connectivity index (χ2n) is 5.24. The monoisotopic (exact) mass is 268 g/mol. The Morgan fingerprint density at radius 3 is 2.63 bits per heavy atom. The van der Waals surface area contributed by atoms with Gasteiger partial charge in [0.2, 0.25) is 0 Å². The molecule has 0 bridgehead atoms. The maximum absolute atomic E-state index is 13.6. The maximum Gasteiger partial charge on any atom is 0.130 e. The summed E-state index contributed by atoms with van der Waals surface area (Å²) in [5.41, 5.74) is 0.585. The molecule has 1 aromatic rings. The van der Waals surface area contributed by atoms with Gasteiger partial charge in [-0.3, -0.25) is 4.90 Å². The number of piperidine rings is 1. The van der Waals surface area contributed by atoms with Gasteiger partial charge in [-0.15, -0.1) is 0 Å². The fourth-order valence-corrected chi connectivity index (χ4v) is 2.53. The first-order valence-corrected chi connectivity index (χ1v) is 7.08. The summed E-state index contributed by atoms with van der Waals surface area (Å²) in [7, 11) is 0. The number of likely N-dealkylation sites (tertiary alicyclic amines) is 1. The maximum atomic E-state index is 13.6. The summed E-state index contributed by atoms with van der Waals surface area (Å²) in [6.45, 7) is 5.75. The van der Waals surface area contributed by atoms with Crippen molar-refractivity contribution in [3.63, 3.8) is 0 Å². The topological polar surface area (TPSA) is 15.3 Å². The van der Waals surface area contributed by atoms with Crippen LogP contribution >= 0.6 is 0 Å². The zero-order valence-corrected chi connectivity index (χ0v) is 11.5. The molecule has 1 N–H and O–H groups in total. The van der Waals surface area contributed by atoms with Gasteiger partial charge in [-0.1, -0.05) is 13.0 Å². The highest BCUT2D eigenvalue weighted by Crippen LogP contribution is 2.16. The third-order valence-corrected chi connectivity index (χ3v) is 3.68. The second kappa shape index (κ2) is 6.96. The molecule has 19 heavy (non-hydrogen) atoms. The third kappa shape index (κ3) is 4.25. The first kappa shape index (κ1) is 14.4. The molecule has 0 radical (unpaired) electrons. The number of nitrogens with zero attached hydrogens (tertiary/aromatic N) is 1. The molecule has 1 heterocycles. The van der Waals surface area contributed by atoms with Crippen LogP contribution in [0.5, 0.6) is 0 Å². The Morgan fingerprint density at radius 1 is 1.26 bits per heavy atom. The van der Waals surface area contributed by atoms with E-state index < -0.39 is 11.6 Å². The van der Waals surface area contributed by atoms with Gasteiger partial charge in [0.05, 0.1) is 0 Å². The van der Waals surface area contributed by atoms with Crippen molar-refractivity contribution in [2.24, 2.45) is 0 Å². The van der Waals surface area contributed by atoms with Gasteiger partial charge >= 0.3 is 0 Å². The number of halogens is 2. The van der Waals surface area contributed by atoms with Gasteiger partial charge in [-0.05, 0) is 45.0 Å². The Hall–Kier alpha value is -1.00. The molecule has 1 aromatic carbocycles. The molecule has 1 aliphatic heterocycles. The van der Waals surface area contributed by atoms with Crippen LogP contribution in [0, 0.1) is 11.6 Å². The van der Waals surface area contributed by atoms with E-state index in [1.807, 2.05) is 0 Å². The minimum atomic E-state index is -0.510. The number of nitrogens with one attached hydrogen (secondary N) is 1. The molecule has 1 fully saturated rings. The molecule has 0 aliphatic carbocycles. The molecule has 0 atom stereocenters. The molecular formula is C15H22F2N2. The van der Waals surface area contributed by atoms with Crippen molar-refractivity contribution < 1.29 is 8.78 Å². The standard InChI is InChI=1S/C15H22F2N2/c1-2-7-18-14-5-8-19(9-6-14)11-12-3-4-13(16)10-15(12)17/h3-4,10,14,18H,2,5-9,11H2,1H3. The second-order valence-corrected chi connectivity index (χ2v) is 5.24. The van der Waals surface area contributed by atoms with E-state index in [9.17, 15) is 8.78 Å². The van der Waals surface area contributed by atoms with E-state index >= 15 is 0 Å². The Morgan fingerprint density at radius 2 is 2.00 bits per heavy atom. The van der Waals surface area contributed by atoms with Crippen LogP contribution in [0.25, 0.3) is 0 Å². The normalized spacial score (nSPS) is 17.8.